The minimum atomic E-state index is 0.436. The second-order valence-electron chi connectivity index (χ2n) is 5.31. The molecule has 84 valence electrons. The van der Waals surface area contributed by atoms with Crippen molar-refractivity contribution in [3.63, 3.8) is 0 Å². The summed E-state index contributed by atoms with van der Waals surface area (Å²) in [5.41, 5.74) is 0.436. The Bertz CT molecular complexity index is 145. The molecule has 0 amide bonds. The molecule has 1 nitrogen and oxygen atoms in total. The molecule has 1 saturated carbocycles. The van der Waals surface area contributed by atoms with E-state index in [1.54, 1.807) is 0 Å². The molecule has 1 unspecified atom stereocenters. The number of hydrogen-bond donors (Lipinski definition) is 1. The van der Waals surface area contributed by atoms with Gasteiger partial charge >= 0.3 is 0 Å². The summed E-state index contributed by atoms with van der Waals surface area (Å²) in [6, 6.07) is 0.697. The third-order valence-electron chi connectivity index (χ3n) is 3.52. The van der Waals surface area contributed by atoms with E-state index < -0.39 is 0 Å². The smallest absolute Gasteiger partial charge is 0.0155 e. The summed E-state index contributed by atoms with van der Waals surface area (Å²) in [6.45, 7) is 7.03. The lowest BCUT2D eigenvalue weighted by molar-refractivity contribution is 0.274. The van der Waals surface area contributed by atoms with Gasteiger partial charge in [0.25, 0.3) is 0 Å². The Kier molecular flexibility index (Phi) is 4.94. The normalized spacial score (nSPS) is 24.2. The van der Waals surface area contributed by atoms with Crippen molar-refractivity contribution in [2.75, 3.05) is 0 Å². The van der Waals surface area contributed by atoms with Crippen LogP contribution in [0.4, 0.5) is 0 Å². The van der Waals surface area contributed by atoms with E-state index in [0.29, 0.717) is 11.6 Å². The maximum absolute atomic E-state index is 3.84. The topological polar surface area (TPSA) is 12.0 Å². The molecule has 0 radical (unpaired) electrons. The summed E-state index contributed by atoms with van der Waals surface area (Å²) in [5.74, 6) is 0. The third-order valence-corrected chi connectivity index (χ3v) is 3.52. The number of hydrogen-bond acceptors (Lipinski definition) is 1. The Balaban J connectivity index is 2.37. The van der Waals surface area contributed by atoms with Crippen molar-refractivity contribution in [1.29, 1.82) is 0 Å². The molecule has 0 aliphatic heterocycles. The molecular formula is C13H27N. The molecule has 0 saturated heterocycles. The Morgan fingerprint density at radius 1 is 1.14 bits per heavy atom. The van der Waals surface area contributed by atoms with Gasteiger partial charge in [-0.05, 0) is 33.1 Å². The molecule has 1 fully saturated rings. The maximum atomic E-state index is 3.84. The van der Waals surface area contributed by atoms with E-state index >= 15 is 0 Å². The van der Waals surface area contributed by atoms with Gasteiger partial charge in [-0.15, -0.1) is 0 Å². The zero-order valence-electron chi connectivity index (χ0n) is 10.2. The first-order valence-corrected chi connectivity index (χ1v) is 6.44. The highest BCUT2D eigenvalue weighted by Gasteiger charge is 2.26. The molecule has 1 atom stereocenters. The Morgan fingerprint density at radius 2 is 1.71 bits per heavy atom. The summed E-state index contributed by atoms with van der Waals surface area (Å²) in [7, 11) is 0. The van der Waals surface area contributed by atoms with E-state index in [1.807, 2.05) is 0 Å². The van der Waals surface area contributed by atoms with Crippen LogP contribution in [0.15, 0.2) is 0 Å². The molecule has 0 heterocycles. The molecule has 0 bridgehead atoms. The fourth-order valence-electron chi connectivity index (χ4n) is 2.75. The molecule has 0 aromatic carbocycles. The highest BCUT2D eigenvalue weighted by Crippen LogP contribution is 2.27. The summed E-state index contributed by atoms with van der Waals surface area (Å²) < 4.78 is 0. The van der Waals surface area contributed by atoms with Crippen LogP contribution in [-0.4, -0.2) is 11.6 Å². The van der Waals surface area contributed by atoms with Crippen LogP contribution in [-0.2, 0) is 0 Å². The monoisotopic (exact) mass is 197 g/mol. The van der Waals surface area contributed by atoms with E-state index in [9.17, 15) is 0 Å². The minimum Gasteiger partial charge on any atom is -0.309 e. The zero-order chi connectivity index (χ0) is 10.4. The van der Waals surface area contributed by atoms with Crippen LogP contribution in [0.2, 0.25) is 0 Å². The minimum absolute atomic E-state index is 0.436. The molecule has 0 spiro atoms. The van der Waals surface area contributed by atoms with Crippen molar-refractivity contribution in [2.45, 2.75) is 83.7 Å². The fraction of sp³-hybridized carbons (Fsp3) is 1.00. The van der Waals surface area contributed by atoms with Gasteiger partial charge in [0, 0.05) is 11.6 Å². The van der Waals surface area contributed by atoms with Crippen LogP contribution in [0, 0.1) is 0 Å². The number of rotatable bonds is 4. The lowest BCUT2D eigenvalue weighted by Gasteiger charge is -2.33. The summed E-state index contributed by atoms with van der Waals surface area (Å²) >= 11 is 0. The average molecular weight is 197 g/mol. The highest BCUT2D eigenvalue weighted by molar-refractivity contribution is 4.86. The second kappa shape index (κ2) is 5.75. The van der Waals surface area contributed by atoms with Gasteiger partial charge in [0.05, 0.1) is 0 Å². The molecule has 1 N–H and O–H groups in total. The lowest BCUT2D eigenvalue weighted by atomic mass is 9.91. The van der Waals surface area contributed by atoms with Crippen LogP contribution in [0.25, 0.3) is 0 Å². The molecule has 1 aliphatic carbocycles. The Labute approximate surface area is 89.7 Å². The number of nitrogens with one attached hydrogen (secondary N) is 1. The van der Waals surface area contributed by atoms with Gasteiger partial charge in [0.15, 0.2) is 0 Å². The maximum Gasteiger partial charge on any atom is 0.0155 e. The van der Waals surface area contributed by atoms with Crippen LogP contribution < -0.4 is 5.32 Å². The summed E-state index contributed by atoms with van der Waals surface area (Å²) in [5, 5.41) is 3.84. The average Bonchev–Trinajstić information content (AvgIpc) is 2.30. The van der Waals surface area contributed by atoms with Crippen molar-refractivity contribution in [2.24, 2.45) is 0 Å². The first-order chi connectivity index (χ1) is 6.66. The molecule has 1 rings (SSSR count). The SMILES string of the molecule is CCCC(C)NC1(C)CCCCCC1. The van der Waals surface area contributed by atoms with Crippen LogP contribution in [0.3, 0.4) is 0 Å². The molecular weight excluding hydrogens is 170 g/mol. The Hall–Kier alpha value is -0.0400. The first-order valence-electron chi connectivity index (χ1n) is 6.44. The van der Waals surface area contributed by atoms with Crippen molar-refractivity contribution in [3.8, 4) is 0 Å². The quantitative estimate of drug-likeness (QED) is 0.674. The van der Waals surface area contributed by atoms with Crippen molar-refractivity contribution >= 4 is 0 Å². The van der Waals surface area contributed by atoms with Crippen LogP contribution in [0.5, 0.6) is 0 Å². The largest absolute Gasteiger partial charge is 0.309 e. The van der Waals surface area contributed by atoms with E-state index in [1.165, 1.54) is 51.4 Å². The van der Waals surface area contributed by atoms with Crippen molar-refractivity contribution in [1.82, 2.24) is 5.32 Å². The standard InChI is InChI=1S/C13H27N/c1-4-9-12(2)14-13(3)10-7-5-6-8-11-13/h12,14H,4-11H2,1-3H3. The van der Waals surface area contributed by atoms with Gasteiger partial charge in [-0.25, -0.2) is 0 Å². The van der Waals surface area contributed by atoms with Gasteiger partial charge < -0.3 is 5.32 Å². The van der Waals surface area contributed by atoms with Crippen LogP contribution >= 0.6 is 0 Å². The zero-order valence-corrected chi connectivity index (χ0v) is 10.2. The van der Waals surface area contributed by atoms with Gasteiger partial charge in [-0.3, -0.25) is 0 Å². The van der Waals surface area contributed by atoms with Crippen LogP contribution in [0.1, 0.15) is 72.1 Å². The first kappa shape index (κ1) is 12.0. The second-order valence-corrected chi connectivity index (χ2v) is 5.31. The third kappa shape index (κ3) is 4.00. The van der Waals surface area contributed by atoms with Crippen molar-refractivity contribution in [3.05, 3.63) is 0 Å². The molecule has 1 aliphatic rings. The van der Waals surface area contributed by atoms with E-state index in [-0.39, 0.29) is 0 Å². The van der Waals surface area contributed by atoms with Crippen molar-refractivity contribution < 1.29 is 0 Å². The summed E-state index contributed by atoms with van der Waals surface area (Å²) in [6.07, 6.45) is 11.1. The predicted molar refractivity (Wildman–Crippen MR) is 63.6 cm³/mol. The Morgan fingerprint density at radius 3 is 2.21 bits per heavy atom. The van der Waals surface area contributed by atoms with E-state index in [2.05, 4.69) is 26.1 Å². The fourth-order valence-corrected chi connectivity index (χ4v) is 2.75. The van der Waals surface area contributed by atoms with E-state index in [4.69, 9.17) is 0 Å². The summed E-state index contributed by atoms with van der Waals surface area (Å²) in [4.78, 5) is 0. The van der Waals surface area contributed by atoms with Gasteiger partial charge in [-0.1, -0.05) is 39.0 Å². The molecule has 0 aromatic heterocycles. The lowest BCUT2D eigenvalue weighted by Crippen LogP contribution is -2.46. The predicted octanol–water partition coefficient (Wildman–Crippen LogP) is 3.88. The van der Waals surface area contributed by atoms with Gasteiger partial charge in [-0.2, -0.15) is 0 Å². The molecule has 0 aromatic rings. The van der Waals surface area contributed by atoms with Gasteiger partial charge in [0.1, 0.15) is 0 Å². The highest BCUT2D eigenvalue weighted by atomic mass is 15.0. The molecule has 1 heteroatoms. The van der Waals surface area contributed by atoms with E-state index in [0.717, 1.165) is 0 Å². The molecule has 14 heavy (non-hydrogen) atoms. The van der Waals surface area contributed by atoms with Gasteiger partial charge in [0.2, 0.25) is 0 Å².